The smallest absolute Gasteiger partial charge is 0.274 e. The molecule has 0 spiro atoms. The summed E-state index contributed by atoms with van der Waals surface area (Å²) in [5.74, 6) is -0.0703. The predicted molar refractivity (Wildman–Crippen MR) is 80.3 cm³/mol. The fraction of sp³-hybridized carbons (Fsp3) is 0.500. The molecule has 0 radical (unpaired) electrons. The van der Waals surface area contributed by atoms with Crippen molar-refractivity contribution in [1.82, 2.24) is 14.3 Å². The van der Waals surface area contributed by atoms with Gasteiger partial charge in [0.1, 0.15) is 11.3 Å². The van der Waals surface area contributed by atoms with Gasteiger partial charge in [-0.1, -0.05) is 18.9 Å². The molecular formula is C16H21N3O2. The second-order valence-corrected chi connectivity index (χ2v) is 5.68. The Morgan fingerprint density at radius 3 is 2.86 bits per heavy atom. The van der Waals surface area contributed by atoms with E-state index in [2.05, 4.69) is 4.98 Å². The first kappa shape index (κ1) is 14.1. The molecule has 0 atom stereocenters. The number of fused-ring (bicyclic) bond motifs is 1. The van der Waals surface area contributed by atoms with Crippen molar-refractivity contribution >= 4 is 11.6 Å². The molecule has 21 heavy (non-hydrogen) atoms. The number of aliphatic hydroxyl groups excluding tert-OH is 1. The summed E-state index contributed by atoms with van der Waals surface area (Å²) in [6.07, 6.45) is 6.16. The summed E-state index contributed by atoms with van der Waals surface area (Å²) in [5.41, 5.74) is 2.30. The Morgan fingerprint density at radius 2 is 2.19 bits per heavy atom. The molecule has 3 rings (SSSR count). The maximum absolute atomic E-state index is 12.7. The molecule has 5 heteroatoms. The maximum atomic E-state index is 12.7. The van der Waals surface area contributed by atoms with Crippen molar-refractivity contribution in [3.63, 3.8) is 0 Å². The van der Waals surface area contributed by atoms with Crippen LogP contribution in [0.5, 0.6) is 0 Å². The van der Waals surface area contributed by atoms with Crippen LogP contribution in [0.3, 0.4) is 0 Å². The first-order chi connectivity index (χ1) is 10.2. The van der Waals surface area contributed by atoms with E-state index in [1.54, 1.807) is 11.1 Å². The van der Waals surface area contributed by atoms with Gasteiger partial charge in [0.2, 0.25) is 0 Å². The summed E-state index contributed by atoms with van der Waals surface area (Å²) >= 11 is 0. The number of hydrogen-bond acceptors (Lipinski definition) is 3. The Bertz CT molecular complexity index is 644. The highest BCUT2D eigenvalue weighted by molar-refractivity contribution is 5.93. The fourth-order valence-corrected chi connectivity index (χ4v) is 3.17. The number of aryl methyl sites for hydroxylation is 1. The van der Waals surface area contributed by atoms with Gasteiger partial charge < -0.3 is 14.4 Å². The molecular weight excluding hydrogens is 266 g/mol. The van der Waals surface area contributed by atoms with Crippen molar-refractivity contribution in [1.29, 1.82) is 0 Å². The molecule has 2 heterocycles. The van der Waals surface area contributed by atoms with Crippen molar-refractivity contribution in [2.45, 2.75) is 38.6 Å². The quantitative estimate of drug-likeness (QED) is 0.936. The average Bonchev–Trinajstić information content (AvgIpc) is 3.13. The van der Waals surface area contributed by atoms with Crippen molar-refractivity contribution in [3.05, 3.63) is 35.8 Å². The third kappa shape index (κ3) is 2.65. The summed E-state index contributed by atoms with van der Waals surface area (Å²) in [5, 5.41) is 9.26. The zero-order chi connectivity index (χ0) is 14.8. The van der Waals surface area contributed by atoms with Crippen LogP contribution < -0.4 is 0 Å². The van der Waals surface area contributed by atoms with Crippen LogP contribution in [0, 0.1) is 6.92 Å². The normalized spacial score (nSPS) is 15.7. The van der Waals surface area contributed by atoms with E-state index in [9.17, 15) is 9.90 Å². The molecule has 0 unspecified atom stereocenters. The molecule has 1 amide bonds. The van der Waals surface area contributed by atoms with Gasteiger partial charge in [0.05, 0.1) is 6.61 Å². The summed E-state index contributed by atoms with van der Waals surface area (Å²) in [7, 11) is 0. The summed E-state index contributed by atoms with van der Waals surface area (Å²) in [6.45, 7) is 2.37. The van der Waals surface area contributed by atoms with Gasteiger partial charge >= 0.3 is 0 Å². The van der Waals surface area contributed by atoms with Gasteiger partial charge in [-0.15, -0.1) is 0 Å². The number of hydrogen-bond donors (Lipinski definition) is 1. The van der Waals surface area contributed by atoms with Gasteiger partial charge in [-0.3, -0.25) is 4.79 Å². The van der Waals surface area contributed by atoms with E-state index in [4.69, 9.17) is 0 Å². The zero-order valence-corrected chi connectivity index (χ0v) is 12.3. The molecule has 0 aromatic carbocycles. The van der Waals surface area contributed by atoms with Crippen LogP contribution in [0.25, 0.3) is 5.65 Å². The van der Waals surface area contributed by atoms with Crippen molar-refractivity contribution in [2.75, 3.05) is 13.2 Å². The van der Waals surface area contributed by atoms with Crippen LogP contribution in [0.1, 0.15) is 41.9 Å². The number of pyridine rings is 1. The van der Waals surface area contributed by atoms with Crippen molar-refractivity contribution < 1.29 is 9.90 Å². The summed E-state index contributed by atoms with van der Waals surface area (Å²) in [4.78, 5) is 19.0. The molecule has 2 aromatic rings. The standard InChI is InChI=1S/C16H21N3O2/c1-12-5-4-8-15-17-14(11-19(12)15)16(21)18(9-10-20)13-6-2-3-7-13/h4-5,8,11,13,20H,2-3,6-7,9-10H2,1H3. The number of aromatic nitrogens is 2. The minimum absolute atomic E-state index is 0.00532. The van der Waals surface area contributed by atoms with Crippen LogP contribution in [0.4, 0.5) is 0 Å². The van der Waals surface area contributed by atoms with E-state index < -0.39 is 0 Å². The number of amides is 1. The van der Waals surface area contributed by atoms with E-state index >= 15 is 0 Å². The fourth-order valence-electron chi connectivity index (χ4n) is 3.17. The highest BCUT2D eigenvalue weighted by Gasteiger charge is 2.28. The Morgan fingerprint density at radius 1 is 1.43 bits per heavy atom. The number of carbonyl (C=O) groups excluding carboxylic acids is 1. The monoisotopic (exact) mass is 287 g/mol. The molecule has 0 bridgehead atoms. The molecule has 1 saturated carbocycles. The number of imidazole rings is 1. The van der Waals surface area contributed by atoms with Crippen LogP contribution in [-0.4, -0.2) is 44.5 Å². The maximum Gasteiger partial charge on any atom is 0.274 e. The SMILES string of the molecule is Cc1cccc2nc(C(=O)N(CCO)C3CCCC3)cn12. The second-order valence-electron chi connectivity index (χ2n) is 5.68. The minimum Gasteiger partial charge on any atom is -0.395 e. The first-order valence-corrected chi connectivity index (χ1v) is 7.57. The molecule has 1 aliphatic rings. The molecule has 0 saturated heterocycles. The Labute approximate surface area is 124 Å². The first-order valence-electron chi connectivity index (χ1n) is 7.57. The van der Waals surface area contributed by atoms with Gasteiger partial charge in [0, 0.05) is 24.5 Å². The average molecular weight is 287 g/mol. The molecule has 1 aliphatic carbocycles. The minimum atomic E-state index is -0.0703. The third-order valence-corrected chi connectivity index (χ3v) is 4.28. The third-order valence-electron chi connectivity index (χ3n) is 4.28. The van der Waals surface area contributed by atoms with Crippen LogP contribution in [0.2, 0.25) is 0 Å². The summed E-state index contributed by atoms with van der Waals surface area (Å²) in [6, 6.07) is 6.07. The number of aliphatic hydroxyl groups is 1. The topological polar surface area (TPSA) is 57.8 Å². The van der Waals surface area contributed by atoms with E-state index in [0.29, 0.717) is 12.2 Å². The van der Waals surface area contributed by atoms with Crippen molar-refractivity contribution in [3.8, 4) is 0 Å². The molecule has 112 valence electrons. The van der Waals surface area contributed by atoms with Gasteiger partial charge in [-0.25, -0.2) is 4.98 Å². The van der Waals surface area contributed by atoms with Gasteiger partial charge in [-0.05, 0) is 31.9 Å². The molecule has 5 nitrogen and oxygen atoms in total. The Balaban J connectivity index is 1.91. The number of rotatable bonds is 4. The lowest BCUT2D eigenvalue weighted by Crippen LogP contribution is -2.40. The molecule has 1 N–H and O–H groups in total. The highest BCUT2D eigenvalue weighted by atomic mass is 16.3. The zero-order valence-electron chi connectivity index (χ0n) is 12.3. The lowest BCUT2D eigenvalue weighted by molar-refractivity contribution is 0.0633. The Hall–Kier alpha value is -1.88. The van der Waals surface area contributed by atoms with Crippen LogP contribution in [-0.2, 0) is 0 Å². The van der Waals surface area contributed by atoms with Crippen molar-refractivity contribution in [2.24, 2.45) is 0 Å². The second kappa shape index (κ2) is 5.85. The van der Waals surface area contributed by atoms with Gasteiger partial charge in [0.15, 0.2) is 0 Å². The number of carbonyl (C=O) groups is 1. The van der Waals surface area contributed by atoms with E-state index in [0.717, 1.165) is 37.0 Å². The highest BCUT2D eigenvalue weighted by Crippen LogP contribution is 2.24. The van der Waals surface area contributed by atoms with E-state index in [1.165, 1.54) is 0 Å². The molecule has 1 fully saturated rings. The summed E-state index contributed by atoms with van der Waals surface area (Å²) < 4.78 is 1.93. The largest absolute Gasteiger partial charge is 0.395 e. The lowest BCUT2D eigenvalue weighted by Gasteiger charge is -2.27. The van der Waals surface area contributed by atoms with Gasteiger partial charge in [-0.2, -0.15) is 0 Å². The Kier molecular flexibility index (Phi) is 3.92. The van der Waals surface area contributed by atoms with E-state index in [1.807, 2.05) is 29.5 Å². The van der Waals surface area contributed by atoms with Crippen LogP contribution >= 0.6 is 0 Å². The number of nitrogens with zero attached hydrogens (tertiary/aromatic N) is 3. The lowest BCUT2D eigenvalue weighted by atomic mass is 10.2. The van der Waals surface area contributed by atoms with E-state index in [-0.39, 0.29) is 18.6 Å². The van der Waals surface area contributed by atoms with Gasteiger partial charge in [0.25, 0.3) is 5.91 Å². The molecule has 2 aromatic heterocycles. The van der Waals surface area contributed by atoms with Crippen LogP contribution in [0.15, 0.2) is 24.4 Å². The predicted octanol–water partition coefficient (Wildman–Crippen LogP) is 2.02. The molecule has 0 aliphatic heterocycles.